The zero-order valence-electron chi connectivity index (χ0n) is 9.53. The summed E-state index contributed by atoms with van der Waals surface area (Å²) in [6, 6.07) is 3.18. The number of hydrogen-bond donors (Lipinski definition) is 1. The summed E-state index contributed by atoms with van der Waals surface area (Å²) in [4.78, 5) is 24.3. The van der Waals surface area contributed by atoms with E-state index in [1.165, 1.54) is 31.1 Å². The van der Waals surface area contributed by atoms with Crippen LogP contribution in [0.3, 0.4) is 0 Å². The molecule has 0 bridgehead atoms. The lowest BCUT2D eigenvalue weighted by Gasteiger charge is -2.06. The van der Waals surface area contributed by atoms with Gasteiger partial charge < -0.3 is 10.5 Å². The van der Waals surface area contributed by atoms with E-state index >= 15 is 0 Å². The van der Waals surface area contributed by atoms with Gasteiger partial charge >= 0.3 is 5.97 Å². The normalized spacial score (nSPS) is 10.1. The number of hydrogen-bond acceptors (Lipinski definition) is 7. The van der Waals surface area contributed by atoms with Crippen molar-refractivity contribution in [3.05, 3.63) is 36.3 Å². The fraction of sp³-hybridized carbons (Fsp3) is 0.0909. The third kappa shape index (κ3) is 2.75. The molecule has 0 aromatic carbocycles. The molecule has 2 rings (SSSR count). The highest BCUT2D eigenvalue weighted by Crippen LogP contribution is 2.28. The van der Waals surface area contributed by atoms with Crippen molar-refractivity contribution in [2.45, 2.75) is 10.1 Å². The molecule has 2 N–H and O–H groups in total. The number of anilines is 1. The van der Waals surface area contributed by atoms with E-state index in [2.05, 4.69) is 15.0 Å². The van der Waals surface area contributed by atoms with E-state index in [-0.39, 0.29) is 5.82 Å². The summed E-state index contributed by atoms with van der Waals surface area (Å²) in [5.41, 5.74) is 5.90. The number of aromatic nitrogens is 3. The lowest BCUT2D eigenvalue weighted by Crippen LogP contribution is -2.05. The van der Waals surface area contributed by atoms with Crippen LogP contribution in [0, 0.1) is 0 Å². The van der Waals surface area contributed by atoms with Gasteiger partial charge in [-0.3, -0.25) is 0 Å². The Labute approximate surface area is 108 Å². The fourth-order valence-corrected chi connectivity index (χ4v) is 2.03. The van der Waals surface area contributed by atoms with E-state index in [1.807, 2.05) is 0 Å². The van der Waals surface area contributed by atoms with Crippen LogP contribution in [0.2, 0.25) is 0 Å². The molecule has 6 nitrogen and oxygen atoms in total. The first-order valence-electron chi connectivity index (χ1n) is 4.99. The summed E-state index contributed by atoms with van der Waals surface area (Å²) >= 11 is 1.23. The maximum Gasteiger partial charge on any atom is 0.339 e. The Morgan fingerprint density at radius 2 is 2.06 bits per heavy atom. The molecule has 0 amide bonds. The predicted octanol–water partition coefficient (Wildman–Crippen LogP) is 1.39. The van der Waals surface area contributed by atoms with Crippen molar-refractivity contribution in [3.63, 3.8) is 0 Å². The van der Waals surface area contributed by atoms with Gasteiger partial charge in [0.1, 0.15) is 5.82 Å². The maximum absolute atomic E-state index is 11.6. The van der Waals surface area contributed by atoms with Crippen LogP contribution in [0.5, 0.6) is 0 Å². The van der Waals surface area contributed by atoms with Crippen molar-refractivity contribution in [1.82, 2.24) is 15.0 Å². The minimum atomic E-state index is -0.470. The van der Waals surface area contributed by atoms with Gasteiger partial charge in [-0.2, -0.15) is 0 Å². The molecule has 92 valence electrons. The van der Waals surface area contributed by atoms with Crippen molar-refractivity contribution in [2.24, 2.45) is 0 Å². The second-order valence-corrected chi connectivity index (χ2v) is 4.24. The highest BCUT2D eigenvalue weighted by atomic mass is 32.2. The first kappa shape index (κ1) is 12.3. The molecule has 0 saturated heterocycles. The fourth-order valence-electron chi connectivity index (χ4n) is 1.25. The summed E-state index contributed by atoms with van der Waals surface area (Å²) in [6.07, 6.45) is 4.75. The first-order valence-corrected chi connectivity index (χ1v) is 5.81. The van der Waals surface area contributed by atoms with E-state index in [1.54, 1.807) is 18.5 Å². The van der Waals surface area contributed by atoms with E-state index in [9.17, 15) is 4.79 Å². The smallest absolute Gasteiger partial charge is 0.339 e. The summed E-state index contributed by atoms with van der Waals surface area (Å²) in [6.45, 7) is 0. The van der Waals surface area contributed by atoms with Crippen molar-refractivity contribution < 1.29 is 9.53 Å². The minimum absolute atomic E-state index is 0.258. The number of rotatable bonds is 3. The van der Waals surface area contributed by atoms with E-state index in [0.29, 0.717) is 15.6 Å². The van der Waals surface area contributed by atoms with Gasteiger partial charge in [0.2, 0.25) is 0 Å². The maximum atomic E-state index is 11.6. The second kappa shape index (κ2) is 5.46. The SMILES string of the molecule is COC(=O)c1cc(N)ncc1Sc1ncccn1. The van der Waals surface area contributed by atoms with Crippen molar-refractivity contribution in [3.8, 4) is 0 Å². The van der Waals surface area contributed by atoms with Gasteiger partial charge in [-0.05, 0) is 23.9 Å². The van der Waals surface area contributed by atoms with Crippen molar-refractivity contribution in [2.75, 3.05) is 12.8 Å². The molecule has 0 radical (unpaired) electrons. The molecule has 0 aliphatic rings. The Bertz CT molecular complexity index is 562. The summed E-state index contributed by atoms with van der Waals surface area (Å²) in [7, 11) is 1.31. The van der Waals surface area contributed by atoms with Crippen LogP contribution in [0.4, 0.5) is 5.82 Å². The lowest BCUT2D eigenvalue weighted by molar-refractivity contribution is 0.0596. The van der Waals surface area contributed by atoms with E-state index in [4.69, 9.17) is 10.5 Å². The number of pyridine rings is 1. The number of carbonyl (C=O) groups excluding carboxylic acids is 1. The van der Waals surface area contributed by atoms with Gasteiger partial charge in [-0.15, -0.1) is 0 Å². The molecule has 0 aliphatic heterocycles. The molecule has 0 saturated carbocycles. The molecule has 0 atom stereocenters. The number of nitrogen functional groups attached to an aromatic ring is 1. The van der Waals surface area contributed by atoms with E-state index < -0.39 is 5.97 Å². The number of nitrogens with two attached hydrogens (primary N) is 1. The molecule has 2 aromatic heterocycles. The number of nitrogens with zero attached hydrogens (tertiary/aromatic N) is 3. The number of esters is 1. The Kier molecular flexibility index (Phi) is 3.73. The lowest BCUT2D eigenvalue weighted by atomic mass is 10.2. The van der Waals surface area contributed by atoms with Crippen LogP contribution in [0.15, 0.2) is 40.8 Å². The molecule has 2 aromatic rings. The Morgan fingerprint density at radius 3 is 2.72 bits per heavy atom. The molecule has 0 unspecified atom stereocenters. The first-order chi connectivity index (χ1) is 8.70. The summed E-state index contributed by atoms with van der Waals surface area (Å²) < 4.78 is 4.69. The highest BCUT2D eigenvalue weighted by molar-refractivity contribution is 7.99. The Morgan fingerprint density at radius 1 is 1.33 bits per heavy atom. The third-order valence-corrected chi connectivity index (χ3v) is 2.98. The van der Waals surface area contributed by atoms with Crippen LogP contribution in [-0.4, -0.2) is 28.0 Å². The van der Waals surface area contributed by atoms with Crippen molar-refractivity contribution in [1.29, 1.82) is 0 Å². The molecule has 0 fully saturated rings. The zero-order valence-corrected chi connectivity index (χ0v) is 10.3. The third-order valence-electron chi connectivity index (χ3n) is 2.04. The predicted molar refractivity (Wildman–Crippen MR) is 66.1 cm³/mol. The molecule has 18 heavy (non-hydrogen) atoms. The number of methoxy groups -OCH3 is 1. The summed E-state index contributed by atoms with van der Waals surface area (Å²) in [5, 5.41) is 0.522. The molecule has 0 aliphatic carbocycles. The molecular formula is C11H10N4O2S. The van der Waals surface area contributed by atoms with Crippen LogP contribution >= 0.6 is 11.8 Å². The van der Waals surface area contributed by atoms with Gasteiger partial charge in [0.25, 0.3) is 0 Å². The van der Waals surface area contributed by atoms with Crippen LogP contribution in [0.1, 0.15) is 10.4 Å². The second-order valence-electron chi connectivity index (χ2n) is 3.23. The van der Waals surface area contributed by atoms with Gasteiger partial charge in [0, 0.05) is 23.5 Å². The van der Waals surface area contributed by atoms with Gasteiger partial charge in [-0.25, -0.2) is 19.7 Å². The van der Waals surface area contributed by atoms with Crippen molar-refractivity contribution >= 4 is 23.5 Å². The minimum Gasteiger partial charge on any atom is -0.465 e. The topological polar surface area (TPSA) is 91.0 Å². The highest BCUT2D eigenvalue weighted by Gasteiger charge is 2.15. The quantitative estimate of drug-likeness (QED) is 0.660. The average molecular weight is 262 g/mol. The Hall–Kier alpha value is -2.15. The van der Waals surface area contributed by atoms with Gasteiger partial charge in [0.15, 0.2) is 5.16 Å². The Balaban J connectivity index is 2.35. The number of carbonyl (C=O) groups is 1. The standard InChI is InChI=1S/C11H10N4O2S/c1-17-10(16)7-5-9(12)15-6-8(7)18-11-13-3-2-4-14-11/h2-6H,1H3,(H2,12,15). The van der Waals surface area contributed by atoms with Gasteiger partial charge in [-0.1, -0.05) is 0 Å². The van der Waals surface area contributed by atoms with E-state index in [0.717, 1.165) is 0 Å². The monoisotopic (exact) mass is 262 g/mol. The molecule has 7 heteroatoms. The van der Waals surface area contributed by atoms with Crippen LogP contribution in [0.25, 0.3) is 0 Å². The molecular weight excluding hydrogens is 252 g/mol. The molecule has 0 spiro atoms. The van der Waals surface area contributed by atoms with Crippen LogP contribution < -0.4 is 5.73 Å². The largest absolute Gasteiger partial charge is 0.465 e. The summed E-state index contributed by atoms with van der Waals surface area (Å²) in [5.74, 6) is -0.212. The molecule has 2 heterocycles. The average Bonchev–Trinajstić information content (AvgIpc) is 2.41. The van der Waals surface area contributed by atoms with Crippen LogP contribution in [-0.2, 0) is 4.74 Å². The van der Waals surface area contributed by atoms with Gasteiger partial charge in [0.05, 0.1) is 12.7 Å². The zero-order chi connectivity index (χ0) is 13.0. The number of ether oxygens (including phenoxy) is 1.